The van der Waals surface area contributed by atoms with Gasteiger partial charge in [0.25, 0.3) is 5.91 Å². The minimum atomic E-state index is -0.113. The Balaban J connectivity index is 1.77. The van der Waals surface area contributed by atoms with Gasteiger partial charge in [-0.15, -0.1) is 0 Å². The number of hydrogen-bond acceptors (Lipinski definition) is 4. The molecule has 0 spiro atoms. The summed E-state index contributed by atoms with van der Waals surface area (Å²) in [6.07, 6.45) is 2.54. The van der Waals surface area contributed by atoms with Crippen molar-refractivity contribution in [1.82, 2.24) is 15.3 Å². The van der Waals surface area contributed by atoms with Crippen LogP contribution in [0.2, 0.25) is 0 Å². The zero-order chi connectivity index (χ0) is 19.2. The van der Waals surface area contributed by atoms with Crippen LogP contribution in [0.1, 0.15) is 36.2 Å². The van der Waals surface area contributed by atoms with E-state index >= 15 is 0 Å². The number of aromatic nitrogens is 2. The number of aryl methyl sites for hydroxylation is 1. The van der Waals surface area contributed by atoms with Crippen LogP contribution < -0.4 is 10.1 Å². The van der Waals surface area contributed by atoms with Gasteiger partial charge in [0, 0.05) is 29.4 Å². The van der Waals surface area contributed by atoms with E-state index in [1.807, 2.05) is 45.0 Å². The third-order valence-electron chi connectivity index (χ3n) is 4.25. The summed E-state index contributed by atoms with van der Waals surface area (Å²) in [6.45, 7) is 6.05. The number of carbonyl (C=O) groups excluding carboxylic acids is 1. The summed E-state index contributed by atoms with van der Waals surface area (Å²) >= 11 is 0. The number of ether oxygens (including phenoxy) is 1. The van der Waals surface area contributed by atoms with Crippen molar-refractivity contribution in [3.05, 3.63) is 71.9 Å². The lowest BCUT2D eigenvalue weighted by atomic mass is 10.1. The summed E-state index contributed by atoms with van der Waals surface area (Å²) in [5.41, 5.74) is 2.66. The molecule has 1 heterocycles. The smallest absolute Gasteiger partial charge is 0.251 e. The Morgan fingerprint density at radius 2 is 1.93 bits per heavy atom. The van der Waals surface area contributed by atoms with E-state index in [2.05, 4.69) is 15.3 Å². The number of rotatable bonds is 6. The highest BCUT2D eigenvalue weighted by Gasteiger charge is 2.10. The minimum Gasteiger partial charge on any atom is -0.439 e. The second-order valence-electron chi connectivity index (χ2n) is 6.50. The fraction of sp³-hybridized carbons (Fsp3) is 0.227. The lowest BCUT2D eigenvalue weighted by Crippen LogP contribution is -2.31. The van der Waals surface area contributed by atoms with E-state index in [1.165, 1.54) is 5.56 Å². The van der Waals surface area contributed by atoms with Crippen molar-refractivity contribution in [2.75, 3.05) is 0 Å². The molecule has 0 saturated heterocycles. The molecule has 5 heteroatoms. The molecule has 0 radical (unpaired) electrons. The number of benzene rings is 2. The standard InChI is InChI=1S/C22H23N3O2/c1-4-16(3)24-22(26)18-6-5-7-19(14-18)27-20-12-13-23-21(25-20)17-10-8-15(2)9-11-17/h5-14,16H,4H2,1-3H3,(H,24,26)/t16-/m0/s1. The maximum absolute atomic E-state index is 12.3. The van der Waals surface area contributed by atoms with Crippen LogP contribution in [-0.2, 0) is 0 Å². The van der Waals surface area contributed by atoms with Crippen LogP contribution in [0.3, 0.4) is 0 Å². The van der Waals surface area contributed by atoms with Crippen LogP contribution in [0.5, 0.6) is 11.6 Å². The Bertz CT molecular complexity index is 923. The zero-order valence-corrected chi connectivity index (χ0v) is 15.8. The fourth-order valence-corrected chi connectivity index (χ4v) is 2.47. The van der Waals surface area contributed by atoms with Crippen LogP contribution in [0.4, 0.5) is 0 Å². The SMILES string of the molecule is CC[C@H](C)NC(=O)c1cccc(Oc2ccnc(-c3ccc(C)cc3)n2)c1. The molecule has 1 amide bonds. The second kappa shape index (κ2) is 8.45. The van der Waals surface area contributed by atoms with Gasteiger partial charge in [0.15, 0.2) is 5.82 Å². The van der Waals surface area contributed by atoms with Crippen LogP contribution in [0.15, 0.2) is 60.8 Å². The quantitative estimate of drug-likeness (QED) is 0.687. The number of nitrogens with one attached hydrogen (secondary N) is 1. The Hall–Kier alpha value is -3.21. The van der Waals surface area contributed by atoms with Crippen LogP contribution in [-0.4, -0.2) is 21.9 Å². The van der Waals surface area contributed by atoms with Crippen LogP contribution >= 0.6 is 0 Å². The summed E-state index contributed by atoms with van der Waals surface area (Å²) in [6, 6.07) is 16.9. The summed E-state index contributed by atoms with van der Waals surface area (Å²) in [4.78, 5) is 21.1. The second-order valence-corrected chi connectivity index (χ2v) is 6.50. The molecule has 0 aliphatic rings. The Morgan fingerprint density at radius 3 is 2.67 bits per heavy atom. The van der Waals surface area contributed by atoms with Crippen molar-refractivity contribution in [3.8, 4) is 23.0 Å². The van der Waals surface area contributed by atoms with Gasteiger partial charge in [-0.1, -0.05) is 42.8 Å². The molecule has 3 rings (SSSR count). The van der Waals surface area contributed by atoms with Gasteiger partial charge >= 0.3 is 0 Å². The van der Waals surface area contributed by atoms with Crippen molar-refractivity contribution in [2.24, 2.45) is 0 Å². The summed E-state index contributed by atoms with van der Waals surface area (Å²) < 4.78 is 5.86. The van der Waals surface area contributed by atoms with Gasteiger partial charge in [-0.2, -0.15) is 4.98 Å². The molecule has 3 aromatic rings. The van der Waals surface area contributed by atoms with Gasteiger partial charge in [0.2, 0.25) is 5.88 Å². The molecule has 1 N–H and O–H groups in total. The third kappa shape index (κ3) is 4.91. The first kappa shape index (κ1) is 18.6. The first-order chi connectivity index (χ1) is 13.0. The van der Waals surface area contributed by atoms with Gasteiger partial charge in [0.1, 0.15) is 5.75 Å². The zero-order valence-electron chi connectivity index (χ0n) is 15.8. The highest BCUT2D eigenvalue weighted by atomic mass is 16.5. The topological polar surface area (TPSA) is 64.1 Å². The Kier molecular flexibility index (Phi) is 5.81. The number of carbonyl (C=O) groups is 1. The van der Waals surface area contributed by atoms with E-state index in [4.69, 9.17) is 4.74 Å². The molecule has 0 fully saturated rings. The molecule has 138 valence electrons. The predicted molar refractivity (Wildman–Crippen MR) is 106 cm³/mol. The minimum absolute atomic E-state index is 0.113. The number of amides is 1. The highest BCUT2D eigenvalue weighted by molar-refractivity contribution is 5.94. The molecular weight excluding hydrogens is 338 g/mol. The number of nitrogens with zero attached hydrogens (tertiary/aromatic N) is 2. The molecule has 27 heavy (non-hydrogen) atoms. The summed E-state index contributed by atoms with van der Waals surface area (Å²) in [7, 11) is 0. The van der Waals surface area contributed by atoms with E-state index in [0.717, 1.165) is 12.0 Å². The fourth-order valence-electron chi connectivity index (χ4n) is 2.47. The Morgan fingerprint density at radius 1 is 1.15 bits per heavy atom. The molecule has 0 saturated carbocycles. The summed E-state index contributed by atoms with van der Waals surface area (Å²) in [5.74, 6) is 1.47. The van der Waals surface area contributed by atoms with E-state index < -0.39 is 0 Å². The van der Waals surface area contributed by atoms with Crippen molar-refractivity contribution in [1.29, 1.82) is 0 Å². The molecule has 5 nitrogen and oxygen atoms in total. The summed E-state index contributed by atoms with van der Waals surface area (Å²) in [5, 5.41) is 2.95. The lowest BCUT2D eigenvalue weighted by molar-refractivity contribution is 0.0939. The predicted octanol–water partition coefficient (Wildman–Crippen LogP) is 4.77. The average Bonchev–Trinajstić information content (AvgIpc) is 2.69. The van der Waals surface area contributed by atoms with Crippen molar-refractivity contribution < 1.29 is 9.53 Å². The van der Waals surface area contributed by atoms with Crippen molar-refractivity contribution in [2.45, 2.75) is 33.2 Å². The Labute approximate surface area is 159 Å². The van der Waals surface area contributed by atoms with Crippen molar-refractivity contribution in [3.63, 3.8) is 0 Å². The van der Waals surface area contributed by atoms with Gasteiger partial charge < -0.3 is 10.1 Å². The van der Waals surface area contributed by atoms with E-state index in [0.29, 0.717) is 23.0 Å². The van der Waals surface area contributed by atoms with Gasteiger partial charge in [-0.25, -0.2) is 4.98 Å². The average molecular weight is 361 g/mol. The molecule has 0 aliphatic carbocycles. The third-order valence-corrected chi connectivity index (χ3v) is 4.25. The lowest BCUT2D eigenvalue weighted by Gasteiger charge is -2.12. The van der Waals surface area contributed by atoms with Gasteiger partial charge in [-0.05, 0) is 38.5 Å². The van der Waals surface area contributed by atoms with Gasteiger partial charge in [-0.3, -0.25) is 4.79 Å². The molecule has 0 unspecified atom stereocenters. The van der Waals surface area contributed by atoms with Gasteiger partial charge in [0.05, 0.1) is 0 Å². The van der Waals surface area contributed by atoms with Crippen LogP contribution in [0.25, 0.3) is 11.4 Å². The maximum Gasteiger partial charge on any atom is 0.251 e. The first-order valence-electron chi connectivity index (χ1n) is 9.04. The normalized spacial score (nSPS) is 11.7. The van der Waals surface area contributed by atoms with Crippen molar-refractivity contribution >= 4 is 5.91 Å². The van der Waals surface area contributed by atoms with Crippen LogP contribution in [0, 0.1) is 6.92 Å². The van der Waals surface area contributed by atoms with E-state index in [-0.39, 0.29) is 11.9 Å². The molecule has 0 bridgehead atoms. The maximum atomic E-state index is 12.3. The molecular formula is C22H23N3O2. The first-order valence-corrected chi connectivity index (χ1v) is 9.04. The van der Waals surface area contributed by atoms with E-state index in [1.54, 1.807) is 36.5 Å². The molecule has 1 aromatic heterocycles. The molecule has 2 aromatic carbocycles. The van der Waals surface area contributed by atoms with E-state index in [9.17, 15) is 4.79 Å². The molecule has 1 atom stereocenters. The molecule has 0 aliphatic heterocycles. The largest absolute Gasteiger partial charge is 0.439 e. The number of hydrogen-bond donors (Lipinski definition) is 1. The monoisotopic (exact) mass is 361 g/mol. The highest BCUT2D eigenvalue weighted by Crippen LogP contribution is 2.23.